The fourth-order valence-corrected chi connectivity index (χ4v) is 6.95. The third-order valence-corrected chi connectivity index (χ3v) is 10.4. The molecule has 2 aromatic carbocycles. The van der Waals surface area contributed by atoms with E-state index in [2.05, 4.69) is 37.2 Å². The van der Waals surface area contributed by atoms with Gasteiger partial charge in [-0.1, -0.05) is 88.4 Å². The summed E-state index contributed by atoms with van der Waals surface area (Å²) in [4.78, 5) is 148. The van der Waals surface area contributed by atoms with Gasteiger partial charge in [0.15, 0.2) is 0 Å². The quantitative estimate of drug-likeness (QED) is 0.0672. The van der Waals surface area contributed by atoms with Gasteiger partial charge in [-0.15, -0.1) is 0 Å². The van der Waals surface area contributed by atoms with E-state index >= 15 is 0 Å². The van der Waals surface area contributed by atoms with Gasteiger partial charge in [-0.3, -0.25) is 47.9 Å². The van der Waals surface area contributed by atoms with Crippen molar-refractivity contribution in [2.75, 3.05) is 0 Å². The summed E-state index contributed by atoms with van der Waals surface area (Å²) in [6, 6.07) is 5.80. The Hall–Kier alpha value is -7.03. The molecular formula is C46H62N8O13. The fraction of sp³-hybridized carbons (Fsp3) is 0.500. The topological polar surface area (TPSA) is 327 Å². The maximum Gasteiger partial charge on any atom is 0.328 e. The number of nitrogens with two attached hydrogens (primary N) is 1. The van der Waals surface area contributed by atoms with Gasteiger partial charge in [0.05, 0.1) is 25.0 Å². The second-order valence-corrected chi connectivity index (χ2v) is 17.3. The normalized spacial score (nSPS) is 22.6. The molecule has 10 N–H and O–H groups in total. The molecule has 2 unspecified atom stereocenters. The number of aliphatic hydroxyl groups is 1. The lowest BCUT2D eigenvalue weighted by Gasteiger charge is -2.31. The molecule has 21 nitrogen and oxygen atoms in total. The van der Waals surface area contributed by atoms with Crippen LogP contribution in [0.5, 0.6) is 0 Å². The number of esters is 1. The standard InChI is InChI=1S/C46H62N8O13/c1-23(2)18-30-38(58)39(59)45(65)52-31(19-24(3)4)41(61)51-33(22-34(47)56)40(60)48-25(5)46(66)67-27(7)37(44(64)50-30)54-43(63)36(26(6)55)53-42(62)32(20-28-14-10-8-11-15-28)49-35(57)21-29-16-12-9-13-17-29/h8-17,23-27,30-33,36-37,55H,18-22H2,1-7H3,(H2,47,56)(H,48,60)(H,49,57)(H,50,64)(H,51,61)(H,52,65)(H,53,62)(H,54,63)/t25-,26?,27?,30+,31+,32+,33+,36+,37+/m1/s1. The maximum atomic E-state index is 14.2. The first kappa shape index (κ1) is 54.3. The van der Waals surface area contributed by atoms with Gasteiger partial charge in [-0.05, 0) is 56.6 Å². The summed E-state index contributed by atoms with van der Waals surface area (Å²) in [6.07, 6.45) is -4.56. The molecule has 1 fully saturated rings. The van der Waals surface area contributed by atoms with E-state index in [9.17, 15) is 57.8 Å². The van der Waals surface area contributed by atoms with Crippen molar-refractivity contribution in [2.24, 2.45) is 17.6 Å². The monoisotopic (exact) mass is 934 g/mol. The SMILES string of the molecule is CC(C)C[C@@H]1NC(=O)C(=O)C(=O)[C@H](CC(C)C)NC(=O)[C@@H](NC(=O)[C@@H](NC(=O)[C@H](Cc2ccccc2)NC(=O)Cc2ccccc2)C(C)O)C(C)OC(=O)[C@@H](C)NC(=O)[C@H](CC(N)=O)NC1=O. The highest BCUT2D eigenvalue weighted by Gasteiger charge is 2.40. The molecule has 0 saturated carbocycles. The number of carbonyl (C=O) groups excluding carboxylic acids is 11. The summed E-state index contributed by atoms with van der Waals surface area (Å²) < 4.78 is 5.52. The number of ether oxygens (including phenoxy) is 1. The summed E-state index contributed by atoms with van der Waals surface area (Å²) in [5.41, 5.74) is 6.64. The molecular weight excluding hydrogens is 873 g/mol. The number of nitrogens with one attached hydrogen (secondary N) is 7. The molecule has 1 aliphatic heterocycles. The number of carbonyl (C=O) groups is 11. The lowest BCUT2D eigenvalue weighted by atomic mass is 9.96. The average Bonchev–Trinajstić information content (AvgIpc) is 3.25. The molecule has 0 radical (unpaired) electrons. The fourth-order valence-electron chi connectivity index (χ4n) is 6.95. The van der Waals surface area contributed by atoms with Gasteiger partial charge < -0.3 is 52.8 Å². The van der Waals surface area contributed by atoms with Crippen molar-refractivity contribution in [1.82, 2.24) is 37.2 Å². The second kappa shape index (κ2) is 25.6. The second-order valence-electron chi connectivity index (χ2n) is 17.3. The Morgan fingerprint density at radius 3 is 1.78 bits per heavy atom. The zero-order valence-corrected chi connectivity index (χ0v) is 38.6. The maximum absolute atomic E-state index is 14.2. The van der Waals surface area contributed by atoms with Crippen LogP contribution in [0.2, 0.25) is 0 Å². The zero-order valence-electron chi connectivity index (χ0n) is 38.6. The van der Waals surface area contributed by atoms with Crippen molar-refractivity contribution < 1.29 is 62.6 Å². The van der Waals surface area contributed by atoms with Crippen LogP contribution in [0.1, 0.15) is 78.9 Å². The zero-order chi connectivity index (χ0) is 50.1. The van der Waals surface area contributed by atoms with Crippen molar-refractivity contribution in [1.29, 1.82) is 0 Å². The van der Waals surface area contributed by atoms with E-state index in [4.69, 9.17) is 10.5 Å². The smallest absolute Gasteiger partial charge is 0.328 e. The lowest BCUT2D eigenvalue weighted by Crippen LogP contribution is -2.63. The van der Waals surface area contributed by atoms with Crippen LogP contribution in [0.4, 0.5) is 0 Å². The van der Waals surface area contributed by atoms with Gasteiger partial charge in [-0.25, -0.2) is 4.79 Å². The van der Waals surface area contributed by atoms with E-state index in [1.165, 1.54) is 6.92 Å². The van der Waals surface area contributed by atoms with Crippen molar-refractivity contribution in [2.45, 2.75) is 135 Å². The van der Waals surface area contributed by atoms with Crippen LogP contribution in [0, 0.1) is 11.8 Å². The van der Waals surface area contributed by atoms with Gasteiger partial charge >= 0.3 is 5.97 Å². The number of ketones is 2. The van der Waals surface area contributed by atoms with Gasteiger partial charge in [0, 0.05) is 6.42 Å². The first-order valence-electron chi connectivity index (χ1n) is 21.9. The molecule has 8 amide bonds. The molecule has 0 aromatic heterocycles. The number of hydrogen-bond donors (Lipinski definition) is 9. The molecule has 2 aromatic rings. The third kappa shape index (κ3) is 17.4. The van der Waals surface area contributed by atoms with Crippen LogP contribution in [0.3, 0.4) is 0 Å². The van der Waals surface area contributed by atoms with Crippen LogP contribution in [-0.2, 0) is 70.3 Å². The van der Waals surface area contributed by atoms with E-state index in [1.54, 1.807) is 88.4 Å². The first-order chi connectivity index (χ1) is 31.5. The highest BCUT2D eigenvalue weighted by molar-refractivity contribution is 6.64. The molecule has 0 aliphatic carbocycles. The van der Waals surface area contributed by atoms with Crippen LogP contribution in [0.25, 0.3) is 0 Å². The van der Waals surface area contributed by atoms with Crippen molar-refractivity contribution in [3.05, 3.63) is 71.8 Å². The third-order valence-electron chi connectivity index (χ3n) is 10.4. The molecule has 0 spiro atoms. The highest BCUT2D eigenvalue weighted by Crippen LogP contribution is 2.13. The van der Waals surface area contributed by atoms with Crippen LogP contribution < -0.4 is 43.0 Å². The van der Waals surface area contributed by atoms with Crippen LogP contribution in [0.15, 0.2) is 60.7 Å². The largest absolute Gasteiger partial charge is 0.458 e. The Morgan fingerprint density at radius 1 is 0.687 bits per heavy atom. The number of benzene rings is 2. The van der Waals surface area contributed by atoms with Crippen LogP contribution >= 0.6 is 0 Å². The Bertz CT molecular complexity index is 2130. The molecule has 1 heterocycles. The van der Waals surface area contributed by atoms with Crippen molar-refractivity contribution in [3.8, 4) is 0 Å². The molecule has 21 heteroatoms. The van der Waals surface area contributed by atoms with Gasteiger partial charge in [0.1, 0.15) is 42.4 Å². The average molecular weight is 935 g/mol. The van der Waals surface area contributed by atoms with Crippen LogP contribution in [-0.4, -0.2) is 124 Å². The molecule has 9 atom stereocenters. The molecule has 0 bridgehead atoms. The number of cyclic esters (lactones) is 1. The molecule has 1 saturated heterocycles. The summed E-state index contributed by atoms with van der Waals surface area (Å²) in [6.45, 7) is 10.1. The van der Waals surface area contributed by atoms with E-state index in [1.807, 2.05) is 0 Å². The number of Topliss-reactive ketones (excluding diaryl/α,β-unsaturated/α-hetero) is 2. The summed E-state index contributed by atoms with van der Waals surface area (Å²) in [5.74, 6) is -13.5. The van der Waals surface area contributed by atoms with E-state index in [-0.39, 0.29) is 31.6 Å². The minimum absolute atomic E-state index is 0.0376. The number of aliphatic hydroxyl groups excluding tert-OH is 1. The molecule has 1 aliphatic rings. The Labute approximate surface area is 388 Å². The first-order valence-corrected chi connectivity index (χ1v) is 21.9. The Morgan fingerprint density at radius 2 is 1.22 bits per heavy atom. The minimum Gasteiger partial charge on any atom is -0.458 e. The summed E-state index contributed by atoms with van der Waals surface area (Å²) in [5, 5.41) is 27.5. The highest BCUT2D eigenvalue weighted by atomic mass is 16.5. The number of hydrogen-bond acceptors (Lipinski definition) is 13. The van der Waals surface area contributed by atoms with Gasteiger partial charge in [-0.2, -0.15) is 0 Å². The summed E-state index contributed by atoms with van der Waals surface area (Å²) in [7, 11) is 0. The van der Waals surface area contributed by atoms with E-state index in [0.29, 0.717) is 11.1 Å². The van der Waals surface area contributed by atoms with Crippen molar-refractivity contribution >= 4 is 64.8 Å². The van der Waals surface area contributed by atoms with Gasteiger partial charge in [0.2, 0.25) is 47.1 Å². The number of primary amides is 1. The molecule has 3 rings (SSSR count). The van der Waals surface area contributed by atoms with E-state index < -0.39 is 132 Å². The predicted octanol–water partition coefficient (Wildman–Crippen LogP) is -1.68. The Kier molecular flexibility index (Phi) is 20.8. The van der Waals surface area contributed by atoms with E-state index in [0.717, 1.165) is 13.8 Å². The number of amides is 8. The predicted molar refractivity (Wildman–Crippen MR) is 239 cm³/mol. The minimum atomic E-state index is -1.95. The Balaban J connectivity index is 2.03. The van der Waals surface area contributed by atoms with Crippen molar-refractivity contribution in [3.63, 3.8) is 0 Å². The molecule has 67 heavy (non-hydrogen) atoms. The summed E-state index contributed by atoms with van der Waals surface area (Å²) >= 11 is 0. The van der Waals surface area contributed by atoms with Gasteiger partial charge in [0.25, 0.3) is 11.7 Å². The lowest BCUT2D eigenvalue weighted by molar-refractivity contribution is -0.156. The molecule has 364 valence electrons. The number of rotatable bonds is 16.